The second-order valence-corrected chi connectivity index (χ2v) is 7.02. The fourth-order valence-corrected chi connectivity index (χ4v) is 2.52. The normalized spacial score (nSPS) is 10.6. The van der Waals surface area contributed by atoms with Crippen molar-refractivity contribution in [3.05, 3.63) is 53.1 Å². The molecule has 10 heteroatoms. The van der Waals surface area contributed by atoms with Gasteiger partial charge in [-0.1, -0.05) is 17.7 Å². The van der Waals surface area contributed by atoms with E-state index in [4.69, 9.17) is 21.1 Å². The molecule has 2 rings (SSSR count). The smallest absolute Gasteiger partial charge is 0.329 e. The molecule has 0 saturated carbocycles. The van der Waals surface area contributed by atoms with Crippen LogP contribution in [0.25, 0.3) is 0 Å². The quantitative estimate of drug-likeness (QED) is 0.327. The Labute approximate surface area is 184 Å². The fraction of sp³-hybridized carbons (Fsp3) is 0.238. The molecule has 0 spiro atoms. The van der Waals surface area contributed by atoms with Gasteiger partial charge in [-0.2, -0.15) is 5.10 Å². The minimum atomic E-state index is -0.873. The number of anilines is 1. The van der Waals surface area contributed by atoms with E-state index >= 15 is 0 Å². The van der Waals surface area contributed by atoms with Gasteiger partial charge < -0.3 is 20.1 Å². The summed E-state index contributed by atoms with van der Waals surface area (Å²) in [5, 5.41) is 9.39. The lowest BCUT2D eigenvalue weighted by atomic mass is 10.2. The highest BCUT2D eigenvalue weighted by Crippen LogP contribution is 2.27. The standard InChI is InChI=1S/C21H23ClN4O5/c1-13(2)24-20(28)21(29)26-23-11-14-7-8-17(18(9-14)30-3)31-12-19(27)25-16-6-4-5-15(22)10-16/h4-11,13H,12H2,1-3H3,(H,24,28)(H,25,27)(H,26,29)/b23-11-. The number of ether oxygens (including phenoxy) is 2. The van der Waals surface area contributed by atoms with Gasteiger partial charge >= 0.3 is 11.8 Å². The molecule has 0 heterocycles. The van der Waals surface area contributed by atoms with Gasteiger partial charge in [0.05, 0.1) is 13.3 Å². The molecule has 164 valence electrons. The number of hydrogen-bond donors (Lipinski definition) is 3. The van der Waals surface area contributed by atoms with Gasteiger partial charge in [0.2, 0.25) is 0 Å². The van der Waals surface area contributed by atoms with Crippen molar-refractivity contribution in [2.24, 2.45) is 5.10 Å². The van der Waals surface area contributed by atoms with Crippen molar-refractivity contribution in [1.82, 2.24) is 10.7 Å². The topological polar surface area (TPSA) is 118 Å². The molecule has 0 atom stereocenters. The van der Waals surface area contributed by atoms with E-state index in [1.165, 1.54) is 13.3 Å². The molecule has 0 aromatic heterocycles. The summed E-state index contributed by atoms with van der Waals surface area (Å²) in [5.74, 6) is -1.30. The van der Waals surface area contributed by atoms with E-state index in [0.717, 1.165) is 0 Å². The summed E-state index contributed by atoms with van der Waals surface area (Å²) >= 11 is 5.89. The van der Waals surface area contributed by atoms with Crippen molar-refractivity contribution >= 4 is 41.2 Å². The van der Waals surface area contributed by atoms with Gasteiger partial charge in [-0.3, -0.25) is 14.4 Å². The largest absolute Gasteiger partial charge is 0.493 e. The van der Waals surface area contributed by atoms with Crippen molar-refractivity contribution in [2.45, 2.75) is 19.9 Å². The summed E-state index contributed by atoms with van der Waals surface area (Å²) in [6.07, 6.45) is 1.35. The third-order valence-corrected chi connectivity index (χ3v) is 3.90. The number of benzene rings is 2. The summed E-state index contributed by atoms with van der Waals surface area (Å²) < 4.78 is 10.8. The van der Waals surface area contributed by atoms with E-state index in [1.807, 2.05) is 0 Å². The molecule has 0 radical (unpaired) electrons. The molecule has 2 aromatic rings. The van der Waals surface area contributed by atoms with E-state index in [9.17, 15) is 14.4 Å². The predicted octanol–water partition coefficient (Wildman–Crippen LogP) is 2.34. The first-order valence-electron chi connectivity index (χ1n) is 9.28. The summed E-state index contributed by atoms with van der Waals surface area (Å²) in [5.41, 5.74) is 3.28. The van der Waals surface area contributed by atoms with Crippen molar-refractivity contribution in [3.63, 3.8) is 0 Å². The molecule has 3 N–H and O–H groups in total. The Hall–Kier alpha value is -3.59. The zero-order chi connectivity index (χ0) is 22.8. The first kappa shape index (κ1) is 23.7. The number of carbonyl (C=O) groups is 3. The van der Waals surface area contributed by atoms with E-state index in [0.29, 0.717) is 27.8 Å². The van der Waals surface area contributed by atoms with E-state index in [1.54, 1.807) is 56.3 Å². The summed E-state index contributed by atoms with van der Waals surface area (Å²) in [4.78, 5) is 35.2. The second kappa shape index (κ2) is 11.6. The van der Waals surface area contributed by atoms with Gasteiger partial charge in [0.15, 0.2) is 18.1 Å². The van der Waals surface area contributed by atoms with Crippen LogP contribution in [0.15, 0.2) is 47.6 Å². The number of halogens is 1. The molecule has 9 nitrogen and oxygen atoms in total. The van der Waals surface area contributed by atoms with Crippen molar-refractivity contribution < 1.29 is 23.9 Å². The number of carbonyl (C=O) groups excluding carboxylic acids is 3. The Balaban J connectivity index is 1.92. The average Bonchev–Trinajstić information content (AvgIpc) is 2.72. The van der Waals surface area contributed by atoms with Crippen LogP contribution in [0.4, 0.5) is 5.69 Å². The lowest BCUT2D eigenvalue weighted by Crippen LogP contribution is -2.41. The maximum Gasteiger partial charge on any atom is 0.329 e. The van der Waals surface area contributed by atoms with Gasteiger partial charge in [-0.05, 0) is 55.8 Å². The SMILES string of the molecule is COc1cc(/C=N\NC(=O)C(=O)NC(C)C)ccc1OCC(=O)Nc1cccc(Cl)c1. The highest BCUT2D eigenvalue weighted by molar-refractivity contribution is 6.35. The van der Waals surface area contributed by atoms with Crippen molar-refractivity contribution in [2.75, 3.05) is 19.0 Å². The lowest BCUT2D eigenvalue weighted by Gasteiger charge is -2.11. The van der Waals surface area contributed by atoms with Crippen LogP contribution in [0, 0.1) is 0 Å². The highest BCUT2D eigenvalue weighted by atomic mass is 35.5. The molecule has 0 saturated heterocycles. The Bertz CT molecular complexity index is 978. The molecular weight excluding hydrogens is 424 g/mol. The van der Waals surface area contributed by atoms with Crippen molar-refractivity contribution in [3.8, 4) is 11.5 Å². The van der Waals surface area contributed by atoms with Crippen LogP contribution in [-0.2, 0) is 14.4 Å². The molecule has 0 aliphatic heterocycles. The zero-order valence-corrected chi connectivity index (χ0v) is 18.0. The lowest BCUT2D eigenvalue weighted by molar-refractivity contribution is -0.139. The monoisotopic (exact) mass is 446 g/mol. The Morgan fingerprint density at radius 3 is 2.55 bits per heavy atom. The van der Waals surface area contributed by atoms with Gasteiger partial charge in [-0.25, -0.2) is 5.43 Å². The van der Waals surface area contributed by atoms with Gasteiger partial charge in [0, 0.05) is 16.8 Å². The predicted molar refractivity (Wildman–Crippen MR) is 118 cm³/mol. The third-order valence-electron chi connectivity index (χ3n) is 3.66. The van der Waals surface area contributed by atoms with E-state index in [-0.39, 0.29) is 18.6 Å². The molecular formula is C21H23ClN4O5. The Morgan fingerprint density at radius 2 is 1.87 bits per heavy atom. The maximum absolute atomic E-state index is 12.1. The molecule has 0 aliphatic carbocycles. The van der Waals surface area contributed by atoms with Crippen LogP contribution in [0.3, 0.4) is 0 Å². The van der Waals surface area contributed by atoms with Crippen LogP contribution < -0.4 is 25.5 Å². The first-order chi connectivity index (χ1) is 14.8. The molecule has 31 heavy (non-hydrogen) atoms. The van der Waals surface area contributed by atoms with Crippen LogP contribution in [0.5, 0.6) is 11.5 Å². The van der Waals surface area contributed by atoms with Crippen LogP contribution >= 0.6 is 11.6 Å². The second-order valence-electron chi connectivity index (χ2n) is 6.58. The van der Waals surface area contributed by atoms with Crippen LogP contribution in [0.1, 0.15) is 19.4 Å². The van der Waals surface area contributed by atoms with E-state index in [2.05, 4.69) is 21.2 Å². The number of amides is 3. The summed E-state index contributed by atoms with van der Waals surface area (Å²) in [7, 11) is 1.45. The molecule has 0 aliphatic rings. The molecule has 3 amide bonds. The Kier molecular flexibility index (Phi) is 8.83. The van der Waals surface area contributed by atoms with Gasteiger partial charge in [-0.15, -0.1) is 0 Å². The number of rotatable bonds is 8. The number of nitrogens with zero attached hydrogens (tertiary/aromatic N) is 1. The van der Waals surface area contributed by atoms with Gasteiger partial charge in [0.1, 0.15) is 0 Å². The number of nitrogens with one attached hydrogen (secondary N) is 3. The molecule has 0 fully saturated rings. The summed E-state index contributed by atoms with van der Waals surface area (Å²) in [6, 6.07) is 11.5. The number of methoxy groups -OCH3 is 1. The van der Waals surface area contributed by atoms with Crippen molar-refractivity contribution in [1.29, 1.82) is 0 Å². The molecule has 2 aromatic carbocycles. The minimum Gasteiger partial charge on any atom is -0.493 e. The van der Waals surface area contributed by atoms with E-state index < -0.39 is 11.8 Å². The number of hydrogen-bond acceptors (Lipinski definition) is 6. The summed E-state index contributed by atoms with van der Waals surface area (Å²) in [6.45, 7) is 3.24. The van der Waals surface area contributed by atoms with Crippen LogP contribution in [-0.4, -0.2) is 43.7 Å². The maximum atomic E-state index is 12.1. The fourth-order valence-electron chi connectivity index (χ4n) is 2.33. The van der Waals surface area contributed by atoms with Gasteiger partial charge in [0.25, 0.3) is 5.91 Å². The molecule has 0 unspecified atom stereocenters. The third kappa shape index (κ3) is 7.98. The zero-order valence-electron chi connectivity index (χ0n) is 17.3. The average molecular weight is 447 g/mol. The molecule has 0 bridgehead atoms. The number of hydrazone groups is 1. The van der Waals surface area contributed by atoms with Crippen LogP contribution in [0.2, 0.25) is 5.02 Å². The highest BCUT2D eigenvalue weighted by Gasteiger charge is 2.13. The minimum absolute atomic E-state index is 0.161. The first-order valence-corrected chi connectivity index (χ1v) is 9.66. The Morgan fingerprint density at radius 1 is 1.10 bits per heavy atom.